The molecular weight excluding hydrogens is 460 g/mol. The molecule has 0 N–H and O–H groups in total. The lowest BCUT2D eigenvalue weighted by Gasteiger charge is -2.33. The molecule has 0 bridgehead atoms. The minimum absolute atomic E-state index is 0.205. The molecule has 0 fully saturated rings. The van der Waals surface area contributed by atoms with Crippen LogP contribution in [0.15, 0.2) is 76.5 Å². The largest absolute Gasteiger partial charge is 0.462 e. The number of benzene rings is 3. The molecule has 0 aliphatic carbocycles. The molecule has 0 radical (unpaired) electrons. The Morgan fingerprint density at radius 3 is 2.49 bits per heavy atom. The van der Waals surface area contributed by atoms with Crippen molar-refractivity contribution in [3.63, 3.8) is 0 Å². The fraction of sp³-hybridized carbons (Fsp3) is 0.250. The van der Waals surface area contributed by atoms with Gasteiger partial charge in [-0.15, -0.1) is 0 Å². The number of amides is 2. The second-order valence-corrected chi connectivity index (χ2v) is 9.36. The maximum Gasteiger partial charge on any atom is 0.338 e. The van der Waals surface area contributed by atoms with E-state index in [1.807, 2.05) is 62.4 Å². The SMILES string of the molecule is CCOC(=O)c1ccc2c(c1)N([C@@H](C)C(=O)N(CC)c1cccc(C)c1)C(=O)c1ccccc1S2. The fourth-order valence-electron chi connectivity index (χ4n) is 4.21. The molecule has 180 valence electrons. The normalized spacial score (nSPS) is 13.4. The van der Waals surface area contributed by atoms with Crippen molar-refractivity contribution in [1.82, 2.24) is 0 Å². The molecule has 0 aromatic heterocycles. The number of hydrogen-bond acceptors (Lipinski definition) is 5. The predicted octanol–water partition coefficient (Wildman–Crippen LogP) is 5.72. The van der Waals surface area contributed by atoms with Crippen molar-refractivity contribution in [3.05, 3.63) is 83.4 Å². The Hall–Kier alpha value is -3.58. The van der Waals surface area contributed by atoms with Crippen molar-refractivity contribution >= 4 is 40.9 Å². The van der Waals surface area contributed by atoms with Crippen LogP contribution in [0.4, 0.5) is 11.4 Å². The van der Waals surface area contributed by atoms with Gasteiger partial charge in [-0.3, -0.25) is 14.5 Å². The Morgan fingerprint density at radius 1 is 1.00 bits per heavy atom. The van der Waals surface area contributed by atoms with Crippen LogP contribution in [0.5, 0.6) is 0 Å². The predicted molar refractivity (Wildman–Crippen MR) is 138 cm³/mol. The van der Waals surface area contributed by atoms with Crippen molar-refractivity contribution < 1.29 is 19.1 Å². The highest BCUT2D eigenvalue weighted by Crippen LogP contribution is 2.42. The summed E-state index contributed by atoms with van der Waals surface area (Å²) in [6.45, 7) is 8.07. The van der Waals surface area contributed by atoms with Crippen LogP contribution in [0.3, 0.4) is 0 Å². The quantitative estimate of drug-likeness (QED) is 0.415. The standard InChI is InChI=1S/C28H28N2O4S/c1-5-29(21-11-9-10-18(3)16-21)26(31)19(4)30-23-17-20(28(33)34-6-2)14-15-25(23)35-24-13-8-7-12-22(24)27(30)32/h7-17,19H,5-6H2,1-4H3/t19-/m0/s1. The van der Waals surface area contributed by atoms with E-state index in [0.717, 1.165) is 21.0 Å². The summed E-state index contributed by atoms with van der Waals surface area (Å²) in [5.74, 6) is -0.958. The number of nitrogens with zero attached hydrogens (tertiary/aromatic N) is 2. The lowest BCUT2D eigenvalue weighted by molar-refractivity contribution is -0.119. The third kappa shape index (κ3) is 4.82. The van der Waals surface area contributed by atoms with Crippen molar-refractivity contribution in [1.29, 1.82) is 0 Å². The molecule has 1 aliphatic rings. The Bertz CT molecular complexity index is 1290. The molecule has 2 amide bonds. The molecule has 1 atom stereocenters. The molecule has 3 aromatic rings. The van der Waals surface area contributed by atoms with Crippen molar-refractivity contribution in [2.75, 3.05) is 23.0 Å². The van der Waals surface area contributed by atoms with Gasteiger partial charge in [0.15, 0.2) is 0 Å². The number of carbonyl (C=O) groups excluding carboxylic acids is 3. The van der Waals surface area contributed by atoms with Gasteiger partial charge < -0.3 is 9.64 Å². The van der Waals surface area contributed by atoms with E-state index in [1.165, 1.54) is 16.7 Å². The highest BCUT2D eigenvalue weighted by Gasteiger charge is 2.36. The number of ether oxygens (including phenoxy) is 1. The third-order valence-electron chi connectivity index (χ3n) is 5.93. The number of hydrogen-bond donors (Lipinski definition) is 0. The van der Waals surface area contributed by atoms with Crippen molar-refractivity contribution in [2.45, 2.75) is 43.5 Å². The molecule has 0 spiro atoms. The van der Waals surface area contributed by atoms with E-state index in [9.17, 15) is 14.4 Å². The first kappa shape index (κ1) is 24.5. The highest BCUT2D eigenvalue weighted by molar-refractivity contribution is 7.99. The van der Waals surface area contributed by atoms with Crippen LogP contribution in [0.2, 0.25) is 0 Å². The average Bonchev–Trinajstić information content (AvgIpc) is 2.97. The molecule has 3 aromatic carbocycles. The number of aryl methyl sites for hydroxylation is 1. The summed E-state index contributed by atoms with van der Waals surface area (Å²) >= 11 is 1.45. The van der Waals surface area contributed by atoms with Gasteiger partial charge in [-0.1, -0.05) is 36.0 Å². The van der Waals surface area contributed by atoms with Gasteiger partial charge in [-0.25, -0.2) is 4.79 Å². The maximum absolute atomic E-state index is 13.9. The number of esters is 1. The van der Waals surface area contributed by atoms with E-state index in [2.05, 4.69) is 0 Å². The van der Waals surface area contributed by atoms with E-state index >= 15 is 0 Å². The maximum atomic E-state index is 13.9. The van der Waals surface area contributed by atoms with Gasteiger partial charge in [0.05, 0.1) is 23.4 Å². The van der Waals surface area contributed by atoms with Crippen LogP contribution < -0.4 is 9.80 Å². The molecule has 0 saturated heterocycles. The molecule has 1 heterocycles. The molecular formula is C28H28N2O4S. The highest BCUT2D eigenvalue weighted by atomic mass is 32.2. The lowest BCUT2D eigenvalue weighted by atomic mass is 10.1. The minimum atomic E-state index is -0.814. The Labute approximate surface area is 209 Å². The summed E-state index contributed by atoms with van der Waals surface area (Å²) in [6, 6.07) is 19.4. The molecule has 0 saturated carbocycles. The molecule has 7 heteroatoms. The van der Waals surface area contributed by atoms with E-state index in [4.69, 9.17) is 4.74 Å². The number of carbonyl (C=O) groups is 3. The van der Waals surface area contributed by atoms with E-state index < -0.39 is 12.0 Å². The number of anilines is 2. The Balaban J connectivity index is 1.82. The smallest absolute Gasteiger partial charge is 0.338 e. The Kier molecular flexibility index (Phi) is 7.26. The zero-order valence-corrected chi connectivity index (χ0v) is 21.1. The van der Waals surface area contributed by atoms with Gasteiger partial charge in [0, 0.05) is 22.0 Å². The molecule has 4 rings (SSSR count). The topological polar surface area (TPSA) is 66.9 Å². The second kappa shape index (κ2) is 10.4. The van der Waals surface area contributed by atoms with Crippen LogP contribution in [-0.4, -0.2) is 37.0 Å². The minimum Gasteiger partial charge on any atom is -0.462 e. The van der Waals surface area contributed by atoms with Gasteiger partial charge in [0.25, 0.3) is 5.91 Å². The van der Waals surface area contributed by atoms with Crippen LogP contribution >= 0.6 is 11.8 Å². The summed E-state index contributed by atoms with van der Waals surface area (Å²) < 4.78 is 5.18. The van der Waals surface area contributed by atoms with Crippen molar-refractivity contribution in [3.8, 4) is 0 Å². The monoisotopic (exact) mass is 488 g/mol. The van der Waals surface area contributed by atoms with Gasteiger partial charge in [0.2, 0.25) is 5.91 Å². The van der Waals surface area contributed by atoms with Gasteiger partial charge in [-0.2, -0.15) is 0 Å². The first-order valence-corrected chi connectivity index (χ1v) is 12.5. The molecule has 35 heavy (non-hydrogen) atoms. The van der Waals surface area contributed by atoms with Gasteiger partial charge in [0.1, 0.15) is 6.04 Å². The van der Waals surface area contributed by atoms with Crippen LogP contribution in [0.1, 0.15) is 47.1 Å². The summed E-state index contributed by atoms with van der Waals surface area (Å²) in [7, 11) is 0. The summed E-state index contributed by atoms with van der Waals surface area (Å²) in [5, 5.41) is 0. The second-order valence-electron chi connectivity index (χ2n) is 8.27. The molecule has 0 unspecified atom stereocenters. The zero-order valence-electron chi connectivity index (χ0n) is 20.3. The summed E-state index contributed by atoms with van der Waals surface area (Å²) in [5.41, 5.74) is 3.19. The number of likely N-dealkylation sites (N-methyl/N-ethyl adjacent to an activating group) is 1. The first-order chi connectivity index (χ1) is 16.8. The van der Waals surface area contributed by atoms with E-state index in [-0.39, 0.29) is 18.4 Å². The molecule has 1 aliphatic heterocycles. The number of fused-ring (bicyclic) bond motifs is 2. The van der Waals surface area contributed by atoms with Crippen LogP contribution in [0, 0.1) is 6.92 Å². The summed E-state index contributed by atoms with van der Waals surface area (Å²) in [6.07, 6.45) is 0. The van der Waals surface area contributed by atoms with Crippen molar-refractivity contribution in [2.24, 2.45) is 0 Å². The lowest BCUT2D eigenvalue weighted by Crippen LogP contribution is -2.50. The Morgan fingerprint density at radius 2 is 1.77 bits per heavy atom. The van der Waals surface area contributed by atoms with Gasteiger partial charge in [-0.05, 0) is 75.7 Å². The average molecular weight is 489 g/mol. The zero-order chi connectivity index (χ0) is 25.1. The summed E-state index contributed by atoms with van der Waals surface area (Å²) in [4.78, 5) is 45.0. The number of rotatable bonds is 6. The third-order valence-corrected chi connectivity index (χ3v) is 7.07. The first-order valence-electron chi connectivity index (χ1n) is 11.6. The van der Waals surface area contributed by atoms with E-state index in [1.54, 1.807) is 36.9 Å². The van der Waals surface area contributed by atoms with Crippen LogP contribution in [0.25, 0.3) is 0 Å². The van der Waals surface area contributed by atoms with E-state index in [0.29, 0.717) is 23.4 Å². The molecule has 6 nitrogen and oxygen atoms in total. The van der Waals surface area contributed by atoms with Crippen LogP contribution in [-0.2, 0) is 9.53 Å². The fourth-order valence-corrected chi connectivity index (χ4v) is 5.25. The van der Waals surface area contributed by atoms with Gasteiger partial charge >= 0.3 is 5.97 Å².